The van der Waals surface area contributed by atoms with E-state index >= 15 is 0 Å². The van der Waals surface area contributed by atoms with Gasteiger partial charge in [-0.1, -0.05) is 0 Å². The molecule has 0 N–H and O–H groups in total. The zero-order valence-electron chi connectivity index (χ0n) is 6.02. The van der Waals surface area contributed by atoms with Gasteiger partial charge in [-0.15, -0.1) is 12.6 Å². The van der Waals surface area contributed by atoms with Crippen LogP contribution in [0.3, 0.4) is 0 Å². The molecule has 0 aliphatic carbocycles. The van der Waals surface area contributed by atoms with Crippen LogP contribution in [0.1, 0.15) is 5.69 Å². The Morgan fingerprint density at radius 1 is 1.55 bits per heavy atom. The summed E-state index contributed by atoms with van der Waals surface area (Å²) in [5.74, 6) is 0. The van der Waals surface area contributed by atoms with E-state index in [0.29, 0.717) is 0 Å². The van der Waals surface area contributed by atoms with Gasteiger partial charge in [0.15, 0.2) is 5.65 Å². The van der Waals surface area contributed by atoms with E-state index in [4.69, 9.17) is 0 Å². The summed E-state index contributed by atoms with van der Waals surface area (Å²) in [6.07, 6.45) is 5.28. The number of imidazole rings is 1. The zero-order chi connectivity index (χ0) is 7.84. The maximum absolute atomic E-state index is 4.29. The molecule has 11 heavy (non-hydrogen) atoms. The van der Waals surface area contributed by atoms with Crippen LogP contribution in [-0.2, 0) is 0 Å². The molecule has 56 valence electrons. The average Bonchev–Trinajstić information content (AvgIpc) is 2.30. The lowest BCUT2D eigenvalue weighted by molar-refractivity contribution is 1.01. The number of thiol groups is 1. The van der Waals surface area contributed by atoms with Crippen molar-refractivity contribution < 1.29 is 0 Å². The second-order valence-electron chi connectivity index (χ2n) is 2.33. The van der Waals surface area contributed by atoms with E-state index in [0.717, 1.165) is 16.4 Å². The van der Waals surface area contributed by atoms with Crippen LogP contribution in [0.4, 0.5) is 0 Å². The summed E-state index contributed by atoms with van der Waals surface area (Å²) in [6, 6.07) is 0. The van der Waals surface area contributed by atoms with Gasteiger partial charge in [0, 0.05) is 12.4 Å². The Bertz CT molecular complexity index is 393. The topological polar surface area (TPSA) is 30.2 Å². The maximum atomic E-state index is 4.29. The van der Waals surface area contributed by atoms with Gasteiger partial charge in [-0.3, -0.25) is 9.38 Å². The van der Waals surface area contributed by atoms with Gasteiger partial charge >= 0.3 is 0 Å². The predicted molar refractivity (Wildman–Crippen MR) is 45.0 cm³/mol. The van der Waals surface area contributed by atoms with Gasteiger partial charge in [-0.05, 0) is 6.92 Å². The Hall–Kier alpha value is -1.03. The number of nitrogens with zero attached hydrogens (tertiary/aromatic N) is 3. The number of aryl methyl sites for hydroxylation is 1. The second kappa shape index (κ2) is 2.23. The largest absolute Gasteiger partial charge is 0.292 e. The van der Waals surface area contributed by atoms with Crippen molar-refractivity contribution >= 4 is 18.3 Å². The maximum Gasteiger partial charge on any atom is 0.156 e. The first-order valence-electron chi connectivity index (χ1n) is 3.26. The first kappa shape index (κ1) is 6.67. The Morgan fingerprint density at radius 2 is 2.36 bits per heavy atom. The molecule has 2 aromatic heterocycles. The molecule has 4 heteroatoms. The van der Waals surface area contributed by atoms with Gasteiger partial charge in [0.1, 0.15) is 0 Å². The lowest BCUT2D eigenvalue weighted by atomic mass is 10.6. The lowest BCUT2D eigenvalue weighted by Gasteiger charge is -1.91. The number of hydrogen-bond acceptors (Lipinski definition) is 3. The van der Waals surface area contributed by atoms with Crippen molar-refractivity contribution in [3.63, 3.8) is 0 Å². The molecule has 0 aliphatic heterocycles. The smallest absolute Gasteiger partial charge is 0.156 e. The summed E-state index contributed by atoms with van der Waals surface area (Å²) in [6.45, 7) is 1.93. The van der Waals surface area contributed by atoms with E-state index in [-0.39, 0.29) is 0 Å². The second-order valence-corrected chi connectivity index (χ2v) is 2.75. The van der Waals surface area contributed by atoms with Crippen molar-refractivity contribution in [3.8, 4) is 0 Å². The van der Waals surface area contributed by atoms with Crippen LogP contribution >= 0.6 is 12.6 Å². The van der Waals surface area contributed by atoms with Crippen LogP contribution in [-0.4, -0.2) is 14.4 Å². The molecular formula is C7H7N3S. The summed E-state index contributed by atoms with van der Waals surface area (Å²) in [5.41, 5.74) is 1.77. The SMILES string of the molecule is Cc1nc2cnccn2c1S. The number of aromatic nitrogens is 3. The third-order valence-corrected chi connectivity index (χ3v) is 2.11. The number of fused-ring (bicyclic) bond motifs is 1. The molecule has 0 atom stereocenters. The van der Waals surface area contributed by atoms with E-state index in [1.165, 1.54) is 0 Å². The fraction of sp³-hybridized carbons (Fsp3) is 0.143. The standard InChI is InChI=1S/C7H7N3S/c1-5-7(11)10-3-2-8-4-6(10)9-5/h2-4,11H,1H3. The van der Waals surface area contributed by atoms with E-state index in [1.54, 1.807) is 12.4 Å². The Morgan fingerprint density at radius 3 is 3.09 bits per heavy atom. The first-order chi connectivity index (χ1) is 5.29. The average molecular weight is 165 g/mol. The van der Waals surface area contributed by atoms with E-state index in [9.17, 15) is 0 Å². The van der Waals surface area contributed by atoms with E-state index in [2.05, 4.69) is 22.6 Å². The highest BCUT2D eigenvalue weighted by molar-refractivity contribution is 7.80. The molecule has 0 saturated heterocycles. The fourth-order valence-electron chi connectivity index (χ4n) is 1.01. The molecule has 2 heterocycles. The third-order valence-electron chi connectivity index (χ3n) is 1.57. The molecule has 3 nitrogen and oxygen atoms in total. The van der Waals surface area contributed by atoms with Crippen molar-refractivity contribution in [2.24, 2.45) is 0 Å². The van der Waals surface area contributed by atoms with Gasteiger partial charge in [0.2, 0.25) is 0 Å². The molecule has 0 bridgehead atoms. The van der Waals surface area contributed by atoms with Crippen molar-refractivity contribution in [1.29, 1.82) is 0 Å². The molecule has 0 aromatic carbocycles. The van der Waals surface area contributed by atoms with Gasteiger partial charge in [0.05, 0.1) is 16.9 Å². The van der Waals surface area contributed by atoms with Crippen LogP contribution in [0.2, 0.25) is 0 Å². The van der Waals surface area contributed by atoms with Crippen LogP contribution in [0, 0.1) is 6.92 Å². The lowest BCUT2D eigenvalue weighted by Crippen LogP contribution is -1.84. The van der Waals surface area contributed by atoms with Gasteiger partial charge < -0.3 is 0 Å². The minimum absolute atomic E-state index is 0.843. The molecule has 0 unspecified atom stereocenters. The first-order valence-corrected chi connectivity index (χ1v) is 3.71. The molecule has 0 saturated carbocycles. The molecule has 2 rings (SSSR count). The summed E-state index contributed by atoms with van der Waals surface area (Å²) < 4.78 is 1.89. The number of rotatable bonds is 0. The quantitative estimate of drug-likeness (QED) is 0.597. The van der Waals surface area contributed by atoms with Crippen LogP contribution in [0.15, 0.2) is 23.6 Å². The Kier molecular flexibility index (Phi) is 1.35. The minimum Gasteiger partial charge on any atom is -0.292 e. The molecule has 0 fully saturated rings. The molecule has 0 radical (unpaired) electrons. The highest BCUT2D eigenvalue weighted by Gasteiger charge is 2.02. The van der Waals surface area contributed by atoms with Crippen molar-refractivity contribution in [1.82, 2.24) is 14.4 Å². The highest BCUT2D eigenvalue weighted by Crippen LogP contribution is 2.13. The molecule has 0 aliphatic rings. The van der Waals surface area contributed by atoms with Crippen LogP contribution in [0.5, 0.6) is 0 Å². The normalized spacial score (nSPS) is 10.7. The predicted octanol–water partition coefficient (Wildman–Crippen LogP) is 1.33. The van der Waals surface area contributed by atoms with Crippen molar-refractivity contribution in [3.05, 3.63) is 24.3 Å². The van der Waals surface area contributed by atoms with Gasteiger partial charge in [-0.2, -0.15) is 0 Å². The molecule has 2 aromatic rings. The summed E-state index contributed by atoms with van der Waals surface area (Å²) in [5, 5.41) is 0.877. The van der Waals surface area contributed by atoms with E-state index in [1.807, 2.05) is 17.5 Å². The molecule has 0 spiro atoms. The summed E-state index contributed by atoms with van der Waals surface area (Å²) in [7, 11) is 0. The highest BCUT2D eigenvalue weighted by atomic mass is 32.1. The van der Waals surface area contributed by atoms with Gasteiger partial charge in [-0.25, -0.2) is 4.98 Å². The van der Waals surface area contributed by atoms with Gasteiger partial charge in [0.25, 0.3) is 0 Å². The van der Waals surface area contributed by atoms with Crippen LogP contribution in [0.25, 0.3) is 5.65 Å². The third kappa shape index (κ3) is 0.903. The Labute approximate surface area is 69.5 Å². The summed E-state index contributed by atoms with van der Waals surface area (Å²) >= 11 is 4.29. The van der Waals surface area contributed by atoms with Crippen molar-refractivity contribution in [2.45, 2.75) is 11.9 Å². The minimum atomic E-state index is 0.843. The molecule has 0 amide bonds. The van der Waals surface area contributed by atoms with E-state index < -0.39 is 0 Å². The fourth-order valence-corrected chi connectivity index (χ4v) is 1.23. The zero-order valence-corrected chi connectivity index (χ0v) is 6.92. The summed E-state index contributed by atoms with van der Waals surface area (Å²) in [4.78, 5) is 8.19. The molecular weight excluding hydrogens is 158 g/mol. The van der Waals surface area contributed by atoms with Crippen LogP contribution < -0.4 is 0 Å². The number of hydrogen-bond donors (Lipinski definition) is 1. The monoisotopic (exact) mass is 165 g/mol. The Balaban J connectivity index is 2.92. The van der Waals surface area contributed by atoms with Crippen molar-refractivity contribution in [2.75, 3.05) is 0 Å².